The molecule has 1 amide bonds. The Morgan fingerprint density at radius 3 is 2.41 bits per heavy atom. The molecule has 0 bridgehead atoms. The summed E-state index contributed by atoms with van der Waals surface area (Å²) in [6, 6.07) is 23.0. The van der Waals surface area contributed by atoms with Crippen molar-refractivity contribution in [3.05, 3.63) is 105 Å². The van der Waals surface area contributed by atoms with Gasteiger partial charge in [0, 0.05) is 16.6 Å². The van der Waals surface area contributed by atoms with Gasteiger partial charge in [0.2, 0.25) is 4.80 Å². The molecule has 11 heteroatoms. The maximum Gasteiger partial charge on any atom is 0.262 e. The van der Waals surface area contributed by atoms with Crippen molar-refractivity contribution in [2.24, 2.45) is 10.1 Å². The third-order valence-corrected chi connectivity index (χ3v) is 8.52. The van der Waals surface area contributed by atoms with Gasteiger partial charge in [-0.25, -0.2) is 9.67 Å². The number of carbonyl (C=O) groups is 1. The topological polar surface area (TPSA) is 105 Å². The van der Waals surface area contributed by atoms with E-state index >= 15 is 0 Å². The van der Waals surface area contributed by atoms with Gasteiger partial charge in [-0.2, -0.15) is 5.10 Å². The van der Waals surface area contributed by atoms with Gasteiger partial charge in [0.05, 0.1) is 31.3 Å². The van der Waals surface area contributed by atoms with Crippen LogP contribution in [0.2, 0.25) is 0 Å². The average molecular weight is 679 g/mol. The molecule has 4 aromatic carbocycles. The van der Waals surface area contributed by atoms with Crippen LogP contribution in [0, 0.1) is 20.8 Å². The van der Waals surface area contributed by atoms with Crippen LogP contribution in [-0.4, -0.2) is 50.3 Å². The Morgan fingerprint density at radius 1 is 0.918 bits per heavy atom. The summed E-state index contributed by atoms with van der Waals surface area (Å²) in [5, 5.41) is 9.85. The van der Waals surface area contributed by atoms with Crippen LogP contribution in [0.1, 0.15) is 29.2 Å². The average Bonchev–Trinajstić information content (AvgIpc) is 3.50. The summed E-state index contributed by atoms with van der Waals surface area (Å²) in [6.45, 7) is 9.38. The molecule has 0 saturated carbocycles. The lowest BCUT2D eigenvalue weighted by Crippen LogP contribution is -2.21. The van der Waals surface area contributed by atoms with E-state index in [1.807, 2.05) is 99.8 Å². The summed E-state index contributed by atoms with van der Waals surface area (Å²) in [5.74, 6) is 2.85. The summed E-state index contributed by atoms with van der Waals surface area (Å²) in [6.07, 6.45) is 1.73. The standard InChI is InChI=1S/C38H38N4O6S/c1-6-45-30-11-9-29(10-12-30)40-38-42(31(23-49-38)28-8-14-33-35(20-28)47-16-15-46-33)39-21-27-7-13-32(34(19-27)44-5)48-22-36(43)41-37-25(3)17-24(2)18-26(37)4/h7-14,17-21,23H,6,15-16,22H2,1-5H3,(H,41,43). The summed E-state index contributed by atoms with van der Waals surface area (Å²) in [7, 11) is 1.56. The molecule has 252 valence electrons. The van der Waals surface area contributed by atoms with E-state index in [1.54, 1.807) is 24.1 Å². The number of carbonyl (C=O) groups excluding carboxylic acids is 1. The molecule has 2 heterocycles. The third-order valence-electron chi connectivity index (χ3n) is 7.71. The number of nitrogens with one attached hydrogen (secondary N) is 1. The van der Waals surface area contributed by atoms with Gasteiger partial charge in [0.25, 0.3) is 5.91 Å². The quantitative estimate of drug-likeness (QED) is 0.146. The molecule has 5 aromatic rings. The number of ether oxygens (including phenoxy) is 5. The first-order valence-electron chi connectivity index (χ1n) is 15.9. The second-order valence-electron chi connectivity index (χ2n) is 11.4. The minimum Gasteiger partial charge on any atom is -0.494 e. The third kappa shape index (κ3) is 7.95. The van der Waals surface area contributed by atoms with Gasteiger partial charge < -0.3 is 29.0 Å². The van der Waals surface area contributed by atoms with E-state index in [4.69, 9.17) is 33.8 Å². The van der Waals surface area contributed by atoms with E-state index in [9.17, 15) is 4.79 Å². The molecular formula is C38H38N4O6S. The number of hydrogen-bond donors (Lipinski definition) is 1. The molecule has 1 N–H and O–H groups in total. The molecule has 1 aromatic heterocycles. The Kier molecular flexibility index (Phi) is 10.3. The van der Waals surface area contributed by atoms with Crippen LogP contribution < -0.4 is 33.8 Å². The maximum absolute atomic E-state index is 12.8. The minimum atomic E-state index is -0.257. The highest BCUT2D eigenvalue weighted by molar-refractivity contribution is 7.07. The summed E-state index contributed by atoms with van der Waals surface area (Å²) >= 11 is 1.47. The number of thiazole rings is 1. The molecule has 10 nitrogen and oxygen atoms in total. The van der Waals surface area contributed by atoms with Gasteiger partial charge in [-0.05, 0) is 105 Å². The highest BCUT2D eigenvalue weighted by Gasteiger charge is 2.16. The number of methoxy groups -OCH3 is 1. The molecule has 49 heavy (non-hydrogen) atoms. The van der Waals surface area contributed by atoms with Gasteiger partial charge >= 0.3 is 0 Å². The zero-order valence-corrected chi connectivity index (χ0v) is 28.9. The number of aromatic nitrogens is 1. The van der Waals surface area contributed by atoms with Crippen molar-refractivity contribution >= 4 is 34.8 Å². The molecule has 0 spiro atoms. The molecule has 1 aliphatic heterocycles. The highest BCUT2D eigenvalue weighted by Crippen LogP contribution is 2.35. The fourth-order valence-electron chi connectivity index (χ4n) is 5.49. The minimum absolute atomic E-state index is 0.170. The number of anilines is 1. The Morgan fingerprint density at radius 2 is 1.67 bits per heavy atom. The molecule has 1 aliphatic rings. The molecule has 0 radical (unpaired) electrons. The number of aryl methyl sites for hydroxylation is 3. The molecule has 0 atom stereocenters. The zero-order valence-electron chi connectivity index (χ0n) is 28.1. The molecule has 0 fully saturated rings. The van der Waals surface area contributed by atoms with Crippen molar-refractivity contribution in [3.8, 4) is 40.0 Å². The van der Waals surface area contributed by atoms with Crippen molar-refractivity contribution in [3.63, 3.8) is 0 Å². The smallest absolute Gasteiger partial charge is 0.262 e. The van der Waals surface area contributed by atoms with E-state index in [0.717, 1.165) is 50.6 Å². The predicted molar refractivity (Wildman–Crippen MR) is 192 cm³/mol. The lowest BCUT2D eigenvalue weighted by Gasteiger charge is -2.18. The predicted octanol–water partition coefficient (Wildman–Crippen LogP) is 7.45. The van der Waals surface area contributed by atoms with Crippen molar-refractivity contribution in [1.29, 1.82) is 0 Å². The Labute approximate surface area is 289 Å². The first kappa shape index (κ1) is 33.4. The summed E-state index contributed by atoms with van der Waals surface area (Å²) in [4.78, 5) is 18.3. The molecule has 0 aliphatic carbocycles. The Bertz CT molecular complexity index is 2040. The molecule has 0 unspecified atom stereocenters. The summed E-state index contributed by atoms with van der Waals surface area (Å²) < 4.78 is 30.5. The molecule has 0 saturated heterocycles. The van der Waals surface area contributed by atoms with Crippen molar-refractivity contribution in [2.75, 3.05) is 38.9 Å². The van der Waals surface area contributed by atoms with E-state index in [0.29, 0.717) is 47.6 Å². The SMILES string of the molecule is CCOc1ccc(N=c2scc(-c3ccc4c(c3)OCCO4)n2N=Cc2ccc(OCC(=O)Nc3c(C)cc(C)cc3C)c(OC)c2)cc1. The van der Waals surface area contributed by atoms with Crippen molar-refractivity contribution < 1.29 is 28.5 Å². The van der Waals surface area contributed by atoms with Gasteiger partial charge in [0.1, 0.15) is 19.0 Å². The largest absolute Gasteiger partial charge is 0.494 e. The van der Waals surface area contributed by atoms with Crippen LogP contribution in [0.3, 0.4) is 0 Å². The molecule has 6 rings (SSSR count). The number of fused-ring (bicyclic) bond motifs is 1. The number of benzene rings is 4. The normalized spacial score (nSPS) is 12.6. The first-order valence-corrected chi connectivity index (χ1v) is 16.8. The monoisotopic (exact) mass is 678 g/mol. The fourth-order valence-corrected chi connectivity index (χ4v) is 6.34. The van der Waals surface area contributed by atoms with Crippen LogP contribution in [0.15, 0.2) is 88.3 Å². The second kappa shape index (κ2) is 15.1. The van der Waals surface area contributed by atoms with Crippen molar-refractivity contribution in [2.45, 2.75) is 27.7 Å². The zero-order chi connectivity index (χ0) is 34.3. The Balaban J connectivity index is 1.26. The number of nitrogens with zero attached hydrogens (tertiary/aromatic N) is 3. The van der Waals surface area contributed by atoms with Crippen LogP contribution in [0.25, 0.3) is 11.3 Å². The van der Waals surface area contributed by atoms with Gasteiger partial charge in [0.15, 0.2) is 29.6 Å². The van der Waals surface area contributed by atoms with E-state index in [-0.39, 0.29) is 12.5 Å². The highest BCUT2D eigenvalue weighted by atomic mass is 32.1. The van der Waals surface area contributed by atoms with E-state index in [1.165, 1.54) is 11.3 Å². The van der Waals surface area contributed by atoms with Gasteiger partial charge in [-0.1, -0.05) is 17.7 Å². The van der Waals surface area contributed by atoms with Crippen molar-refractivity contribution in [1.82, 2.24) is 4.68 Å². The summed E-state index contributed by atoms with van der Waals surface area (Å²) in [5.41, 5.74) is 7.22. The van der Waals surface area contributed by atoms with Gasteiger partial charge in [-0.3, -0.25) is 4.79 Å². The number of amides is 1. The van der Waals surface area contributed by atoms with Crippen LogP contribution in [0.5, 0.6) is 28.7 Å². The first-order chi connectivity index (χ1) is 23.8. The van der Waals surface area contributed by atoms with Crippen LogP contribution >= 0.6 is 11.3 Å². The lowest BCUT2D eigenvalue weighted by atomic mass is 10.1. The Hall–Kier alpha value is -5.55. The van der Waals surface area contributed by atoms with Crippen LogP contribution in [0.4, 0.5) is 11.4 Å². The lowest BCUT2D eigenvalue weighted by molar-refractivity contribution is -0.118. The fraction of sp³-hybridized carbons (Fsp3) is 0.237. The van der Waals surface area contributed by atoms with Crippen LogP contribution in [-0.2, 0) is 4.79 Å². The van der Waals surface area contributed by atoms with E-state index in [2.05, 4.69) is 5.32 Å². The second-order valence-corrected chi connectivity index (χ2v) is 12.2. The van der Waals surface area contributed by atoms with Gasteiger partial charge in [-0.15, -0.1) is 11.3 Å². The number of rotatable bonds is 11. The maximum atomic E-state index is 12.8. The molecular weight excluding hydrogens is 641 g/mol. The van der Waals surface area contributed by atoms with E-state index < -0.39 is 0 Å². The number of hydrogen-bond acceptors (Lipinski definition) is 9.